The van der Waals surface area contributed by atoms with Gasteiger partial charge < -0.3 is 15.2 Å². The van der Waals surface area contributed by atoms with Crippen LogP contribution >= 0.6 is 23.2 Å². The lowest BCUT2D eigenvalue weighted by Gasteiger charge is -2.09. The highest BCUT2D eigenvalue weighted by Gasteiger charge is 2.09. The van der Waals surface area contributed by atoms with Crippen LogP contribution in [0.4, 0.5) is 5.69 Å². The normalized spacial score (nSPS) is 10.2. The van der Waals surface area contributed by atoms with Crippen LogP contribution in [-0.4, -0.2) is 17.6 Å². The minimum atomic E-state index is -0.352. The summed E-state index contributed by atoms with van der Waals surface area (Å²) in [6.45, 7) is 1.80. The summed E-state index contributed by atoms with van der Waals surface area (Å²) in [6, 6.07) is 10.2. The molecule has 4 nitrogen and oxygen atoms in total. The third-order valence-corrected chi connectivity index (χ3v) is 3.24. The van der Waals surface area contributed by atoms with Gasteiger partial charge in [-0.25, -0.2) is 0 Å². The molecule has 6 heteroatoms. The number of hydrogen-bond acceptors (Lipinski definition) is 3. The number of hydrogen-bond donors (Lipinski definition) is 2. The number of nitrogens with one attached hydrogen (secondary N) is 1. The number of phenols is 1. The second-order valence-electron chi connectivity index (χ2n) is 4.44. The first kappa shape index (κ1) is 15.5. The molecule has 2 N–H and O–H groups in total. The molecule has 0 aliphatic carbocycles. The fourth-order valence-electron chi connectivity index (χ4n) is 1.69. The van der Waals surface area contributed by atoms with Crippen molar-refractivity contribution in [2.24, 2.45) is 0 Å². The van der Waals surface area contributed by atoms with E-state index in [1.54, 1.807) is 6.07 Å². The van der Waals surface area contributed by atoms with Gasteiger partial charge in [0.1, 0.15) is 5.75 Å². The molecule has 0 bridgehead atoms. The summed E-state index contributed by atoms with van der Waals surface area (Å²) in [5, 5.41) is 12.2. The second-order valence-corrected chi connectivity index (χ2v) is 5.26. The van der Waals surface area contributed by atoms with Crippen LogP contribution in [0.2, 0.25) is 10.0 Å². The van der Waals surface area contributed by atoms with Crippen LogP contribution in [-0.2, 0) is 4.79 Å². The fraction of sp³-hybridized carbons (Fsp3) is 0.133. The predicted octanol–water partition coefficient (Wildman–Crippen LogP) is 4.02. The van der Waals surface area contributed by atoms with Crippen molar-refractivity contribution in [3.63, 3.8) is 0 Å². The molecule has 2 rings (SSSR count). The van der Waals surface area contributed by atoms with Gasteiger partial charge in [0.05, 0.1) is 10.0 Å². The second kappa shape index (κ2) is 6.70. The zero-order chi connectivity index (χ0) is 15.4. The summed E-state index contributed by atoms with van der Waals surface area (Å²) in [7, 11) is 0. The molecule has 0 radical (unpaired) electrons. The Balaban J connectivity index is 1.96. The average Bonchev–Trinajstić information content (AvgIpc) is 2.42. The summed E-state index contributed by atoms with van der Waals surface area (Å²) in [5.41, 5.74) is 1.44. The van der Waals surface area contributed by atoms with E-state index in [9.17, 15) is 9.90 Å². The van der Waals surface area contributed by atoms with E-state index in [-0.39, 0.29) is 28.3 Å². The van der Waals surface area contributed by atoms with Crippen LogP contribution in [0.5, 0.6) is 11.5 Å². The molecule has 0 unspecified atom stereocenters. The van der Waals surface area contributed by atoms with Crippen molar-refractivity contribution in [1.82, 2.24) is 0 Å². The molecule has 0 saturated carbocycles. The van der Waals surface area contributed by atoms with E-state index in [0.29, 0.717) is 11.4 Å². The Morgan fingerprint density at radius 2 is 1.90 bits per heavy atom. The Bertz CT molecular complexity index is 651. The molecular formula is C15H13Cl2NO3. The van der Waals surface area contributed by atoms with Gasteiger partial charge in [-0.3, -0.25) is 4.79 Å². The minimum absolute atomic E-state index is 0.0670. The molecule has 0 heterocycles. The minimum Gasteiger partial charge on any atom is -0.505 e. The van der Waals surface area contributed by atoms with Gasteiger partial charge in [-0.15, -0.1) is 0 Å². The molecule has 21 heavy (non-hydrogen) atoms. The lowest BCUT2D eigenvalue weighted by molar-refractivity contribution is -0.118. The molecule has 0 aliphatic rings. The lowest BCUT2D eigenvalue weighted by Crippen LogP contribution is -2.20. The molecule has 0 aromatic heterocycles. The number of ether oxygens (including phenoxy) is 1. The topological polar surface area (TPSA) is 58.6 Å². The number of aryl methyl sites for hydroxylation is 1. The lowest BCUT2D eigenvalue weighted by atomic mass is 10.2. The number of phenolic OH excluding ortho intramolecular Hbond substituents is 1. The number of rotatable bonds is 4. The summed E-state index contributed by atoms with van der Waals surface area (Å²) in [6.07, 6.45) is 0. The molecule has 0 saturated heterocycles. The van der Waals surface area contributed by atoms with Crippen LogP contribution in [0.1, 0.15) is 5.56 Å². The van der Waals surface area contributed by atoms with E-state index < -0.39 is 0 Å². The van der Waals surface area contributed by atoms with Crippen molar-refractivity contribution >= 4 is 34.8 Å². The zero-order valence-corrected chi connectivity index (χ0v) is 12.7. The monoisotopic (exact) mass is 325 g/mol. The van der Waals surface area contributed by atoms with Crippen molar-refractivity contribution < 1.29 is 14.6 Å². The van der Waals surface area contributed by atoms with Crippen LogP contribution < -0.4 is 10.1 Å². The van der Waals surface area contributed by atoms with Crippen LogP contribution in [0.3, 0.4) is 0 Å². The van der Waals surface area contributed by atoms with Crippen molar-refractivity contribution in [2.45, 2.75) is 6.92 Å². The van der Waals surface area contributed by atoms with Crippen LogP contribution in [0, 0.1) is 6.92 Å². The van der Waals surface area contributed by atoms with Gasteiger partial charge in [0.15, 0.2) is 12.4 Å². The third-order valence-electron chi connectivity index (χ3n) is 2.66. The molecule has 1 amide bonds. The number of benzene rings is 2. The largest absolute Gasteiger partial charge is 0.505 e. The highest BCUT2D eigenvalue weighted by molar-refractivity contribution is 6.37. The van der Waals surface area contributed by atoms with Gasteiger partial charge in [0.25, 0.3) is 5.91 Å². The first-order chi connectivity index (χ1) is 9.95. The van der Waals surface area contributed by atoms with Crippen molar-refractivity contribution in [3.05, 3.63) is 52.0 Å². The standard InChI is InChI=1S/C15H13Cl2NO3/c1-9-3-2-4-11(5-9)21-8-14(19)18-10-6-12(16)15(20)13(17)7-10/h2-7,20H,8H2,1H3,(H,18,19). The van der Waals surface area contributed by atoms with Gasteiger partial charge in [0, 0.05) is 5.69 Å². The molecule has 0 aliphatic heterocycles. The number of amides is 1. The maximum absolute atomic E-state index is 11.8. The molecule has 110 valence electrons. The quantitative estimate of drug-likeness (QED) is 0.834. The van der Waals surface area contributed by atoms with E-state index in [4.69, 9.17) is 27.9 Å². The first-order valence-corrected chi connectivity index (χ1v) is 6.88. The maximum atomic E-state index is 11.8. The van der Waals surface area contributed by atoms with Gasteiger partial charge in [-0.05, 0) is 36.8 Å². The Kier molecular flexibility index (Phi) is 4.94. The third kappa shape index (κ3) is 4.28. The Morgan fingerprint density at radius 1 is 1.24 bits per heavy atom. The SMILES string of the molecule is Cc1cccc(OCC(=O)Nc2cc(Cl)c(O)c(Cl)c2)c1. The van der Waals surface area contributed by atoms with E-state index >= 15 is 0 Å². The first-order valence-electron chi connectivity index (χ1n) is 6.13. The molecular weight excluding hydrogens is 313 g/mol. The Morgan fingerprint density at radius 3 is 2.52 bits per heavy atom. The van der Waals surface area contributed by atoms with E-state index in [1.807, 2.05) is 25.1 Å². The summed E-state index contributed by atoms with van der Waals surface area (Å²) >= 11 is 11.6. The molecule has 0 fully saturated rings. The van der Waals surface area contributed by atoms with Gasteiger partial charge in [0.2, 0.25) is 0 Å². The van der Waals surface area contributed by atoms with Crippen molar-refractivity contribution in [1.29, 1.82) is 0 Å². The van der Waals surface area contributed by atoms with Crippen molar-refractivity contribution in [3.8, 4) is 11.5 Å². The summed E-state index contributed by atoms with van der Waals surface area (Å²) in [5.74, 6) is 0.0496. The van der Waals surface area contributed by atoms with Gasteiger partial charge >= 0.3 is 0 Å². The van der Waals surface area contributed by atoms with Crippen molar-refractivity contribution in [2.75, 3.05) is 11.9 Å². The Labute approximate surface area is 132 Å². The Hall–Kier alpha value is -1.91. The molecule has 2 aromatic carbocycles. The van der Waals surface area contributed by atoms with Crippen LogP contribution in [0.15, 0.2) is 36.4 Å². The molecule has 2 aromatic rings. The highest BCUT2D eigenvalue weighted by Crippen LogP contribution is 2.34. The van der Waals surface area contributed by atoms with Gasteiger partial charge in [-0.2, -0.15) is 0 Å². The molecule has 0 spiro atoms. The number of anilines is 1. The summed E-state index contributed by atoms with van der Waals surface area (Å²) in [4.78, 5) is 11.8. The molecule has 0 atom stereocenters. The number of carbonyl (C=O) groups excluding carboxylic acids is 1. The number of aromatic hydroxyl groups is 1. The zero-order valence-electron chi connectivity index (χ0n) is 11.2. The fourth-order valence-corrected chi connectivity index (χ4v) is 2.18. The van der Waals surface area contributed by atoms with E-state index in [1.165, 1.54) is 12.1 Å². The van der Waals surface area contributed by atoms with E-state index in [0.717, 1.165) is 5.56 Å². The highest BCUT2D eigenvalue weighted by atomic mass is 35.5. The predicted molar refractivity (Wildman–Crippen MR) is 83.4 cm³/mol. The average molecular weight is 326 g/mol. The number of carbonyl (C=O) groups is 1. The maximum Gasteiger partial charge on any atom is 0.262 e. The van der Waals surface area contributed by atoms with E-state index in [2.05, 4.69) is 5.32 Å². The summed E-state index contributed by atoms with van der Waals surface area (Å²) < 4.78 is 5.38. The smallest absolute Gasteiger partial charge is 0.262 e. The van der Waals surface area contributed by atoms with Crippen LogP contribution in [0.25, 0.3) is 0 Å². The number of halogens is 2. The van der Waals surface area contributed by atoms with Gasteiger partial charge in [-0.1, -0.05) is 35.3 Å².